The van der Waals surface area contributed by atoms with Crippen molar-refractivity contribution in [2.75, 3.05) is 27.3 Å². The fourth-order valence-corrected chi connectivity index (χ4v) is 2.97. The second-order valence-corrected chi connectivity index (χ2v) is 7.12. The zero-order chi connectivity index (χ0) is 21.3. The molecule has 0 bridgehead atoms. The van der Waals surface area contributed by atoms with Gasteiger partial charge in [-0.2, -0.15) is 5.10 Å². The molecule has 0 radical (unpaired) electrons. The van der Waals surface area contributed by atoms with E-state index in [9.17, 15) is 0 Å². The normalized spacial score (nSPS) is 11.3. The predicted molar refractivity (Wildman–Crippen MR) is 132 cm³/mol. The van der Waals surface area contributed by atoms with Crippen LogP contribution in [0.3, 0.4) is 0 Å². The molecule has 0 aliphatic heterocycles. The number of aliphatic imine (C=N–C) groups is 1. The van der Waals surface area contributed by atoms with E-state index in [1.54, 1.807) is 7.11 Å². The van der Waals surface area contributed by atoms with Crippen molar-refractivity contribution in [2.45, 2.75) is 26.4 Å². The van der Waals surface area contributed by atoms with Gasteiger partial charge in [0.05, 0.1) is 11.9 Å². The zero-order valence-electron chi connectivity index (χ0n) is 18.5. The Hall–Kier alpha value is -2.47. The maximum absolute atomic E-state index is 5.15. The third kappa shape index (κ3) is 7.03. The SMILES string of the molecule is COCCCNC(=NCc1nnc(C)n1C)N(C)Cc1cnn(-c2ccccc2)c1.I. The lowest BCUT2D eigenvalue weighted by Gasteiger charge is -2.22. The number of nitrogens with one attached hydrogen (secondary N) is 1. The van der Waals surface area contributed by atoms with E-state index in [0.717, 1.165) is 41.8 Å². The second-order valence-electron chi connectivity index (χ2n) is 7.12. The number of hydrogen-bond acceptors (Lipinski definition) is 5. The summed E-state index contributed by atoms with van der Waals surface area (Å²) in [5.74, 6) is 2.50. The van der Waals surface area contributed by atoms with Gasteiger partial charge in [0.15, 0.2) is 11.8 Å². The molecular weight excluding hydrogens is 507 g/mol. The van der Waals surface area contributed by atoms with Crippen LogP contribution in [0, 0.1) is 6.92 Å². The lowest BCUT2D eigenvalue weighted by molar-refractivity contribution is 0.195. The van der Waals surface area contributed by atoms with Crippen LogP contribution in [0.2, 0.25) is 0 Å². The standard InChI is InChI=1S/C21H30N8O.HI/c1-17-25-26-20(28(17)3)14-23-21(22-11-8-12-30-4)27(2)15-18-13-24-29(16-18)19-9-6-5-7-10-19;/h5-7,9-10,13,16H,8,11-12,14-15H2,1-4H3,(H,22,23);1H. The Bertz CT molecular complexity index is 953. The molecule has 3 rings (SSSR count). The molecule has 0 aliphatic carbocycles. The minimum absolute atomic E-state index is 0. The van der Waals surface area contributed by atoms with Crippen LogP contribution in [-0.4, -0.2) is 62.7 Å². The first-order valence-electron chi connectivity index (χ1n) is 10.0. The van der Waals surface area contributed by atoms with Crippen molar-refractivity contribution in [3.8, 4) is 5.69 Å². The van der Waals surface area contributed by atoms with Crippen molar-refractivity contribution in [3.05, 3.63) is 59.9 Å². The smallest absolute Gasteiger partial charge is 0.194 e. The van der Waals surface area contributed by atoms with Crippen molar-refractivity contribution in [3.63, 3.8) is 0 Å². The predicted octanol–water partition coefficient (Wildman–Crippen LogP) is 2.54. The average molecular weight is 538 g/mol. The Kier molecular flexibility index (Phi) is 9.92. The number of ether oxygens (including phenoxy) is 1. The van der Waals surface area contributed by atoms with E-state index in [4.69, 9.17) is 9.73 Å². The Morgan fingerprint density at radius 2 is 2.00 bits per heavy atom. The summed E-state index contributed by atoms with van der Waals surface area (Å²) in [6.07, 6.45) is 4.83. The topological polar surface area (TPSA) is 85.4 Å². The van der Waals surface area contributed by atoms with E-state index in [2.05, 4.69) is 25.5 Å². The summed E-state index contributed by atoms with van der Waals surface area (Å²) >= 11 is 0. The van der Waals surface area contributed by atoms with E-state index >= 15 is 0 Å². The molecule has 10 heteroatoms. The molecule has 0 aliphatic rings. The van der Waals surface area contributed by atoms with E-state index in [0.29, 0.717) is 19.7 Å². The summed E-state index contributed by atoms with van der Waals surface area (Å²) < 4.78 is 8.98. The van der Waals surface area contributed by atoms with E-state index in [-0.39, 0.29) is 24.0 Å². The van der Waals surface area contributed by atoms with Gasteiger partial charge >= 0.3 is 0 Å². The van der Waals surface area contributed by atoms with Crippen molar-refractivity contribution >= 4 is 29.9 Å². The first-order chi connectivity index (χ1) is 14.6. The molecule has 9 nitrogen and oxygen atoms in total. The van der Waals surface area contributed by atoms with E-state index < -0.39 is 0 Å². The number of benzene rings is 1. The van der Waals surface area contributed by atoms with Gasteiger partial charge in [0.1, 0.15) is 12.4 Å². The molecule has 2 aromatic heterocycles. The number of aryl methyl sites for hydroxylation is 1. The van der Waals surface area contributed by atoms with Gasteiger partial charge in [-0.15, -0.1) is 34.2 Å². The minimum atomic E-state index is 0. The van der Waals surface area contributed by atoms with Crippen LogP contribution in [0.15, 0.2) is 47.7 Å². The number of aromatic nitrogens is 5. The molecule has 168 valence electrons. The summed E-state index contributed by atoms with van der Waals surface area (Å²) in [6, 6.07) is 10.1. The number of halogens is 1. The number of hydrogen-bond donors (Lipinski definition) is 1. The number of para-hydroxylation sites is 1. The zero-order valence-corrected chi connectivity index (χ0v) is 20.9. The van der Waals surface area contributed by atoms with Gasteiger partial charge in [-0.25, -0.2) is 9.67 Å². The molecule has 1 N–H and O–H groups in total. The lowest BCUT2D eigenvalue weighted by atomic mass is 10.3. The van der Waals surface area contributed by atoms with Crippen LogP contribution in [0.25, 0.3) is 5.69 Å². The highest BCUT2D eigenvalue weighted by molar-refractivity contribution is 14.0. The maximum Gasteiger partial charge on any atom is 0.194 e. The highest BCUT2D eigenvalue weighted by Gasteiger charge is 2.11. The first kappa shape index (κ1) is 24.8. The first-order valence-corrected chi connectivity index (χ1v) is 10.0. The third-order valence-corrected chi connectivity index (χ3v) is 4.80. The van der Waals surface area contributed by atoms with Crippen LogP contribution >= 0.6 is 24.0 Å². The summed E-state index contributed by atoms with van der Waals surface area (Å²) in [5.41, 5.74) is 2.14. The fraction of sp³-hybridized carbons (Fsp3) is 0.429. The van der Waals surface area contributed by atoms with Gasteiger partial charge in [-0.1, -0.05) is 18.2 Å². The van der Waals surface area contributed by atoms with Crippen LogP contribution in [0.5, 0.6) is 0 Å². The minimum Gasteiger partial charge on any atom is -0.385 e. The van der Waals surface area contributed by atoms with Crippen LogP contribution < -0.4 is 5.32 Å². The Labute approximate surface area is 200 Å². The molecule has 0 amide bonds. The molecule has 2 heterocycles. The van der Waals surface area contributed by atoms with Crippen LogP contribution in [0.1, 0.15) is 23.6 Å². The Morgan fingerprint density at radius 3 is 2.68 bits per heavy atom. The lowest BCUT2D eigenvalue weighted by Crippen LogP contribution is -2.39. The van der Waals surface area contributed by atoms with Gasteiger partial charge in [0.25, 0.3) is 0 Å². The highest BCUT2D eigenvalue weighted by Crippen LogP contribution is 2.09. The van der Waals surface area contributed by atoms with Crippen LogP contribution in [-0.2, 0) is 24.9 Å². The van der Waals surface area contributed by atoms with Crippen molar-refractivity contribution in [1.82, 2.24) is 34.8 Å². The number of rotatable bonds is 9. The van der Waals surface area contributed by atoms with Crippen molar-refractivity contribution in [2.24, 2.45) is 12.0 Å². The van der Waals surface area contributed by atoms with Crippen LogP contribution in [0.4, 0.5) is 0 Å². The fourth-order valence-electron chi connectivity index (χ4n) is 2.97. The van der Waals surface area contributed by atoms with Gasteiger partial charge < -0.3 is 19.5 Å². The van der Waals surface area contributed by atoms with Gasteiger partial charge in [0, 0.05) is 52.7 Å². The third-order valence-electron chi connectivity index (χ3n) is 4.80. The molecule has 0 atom stereocenters. The quantitative estimate of drug-likeness (QED) is 0.195. The monoisotopic (exact) mass is 538 g/mol. The molecule has 0 saturated heterocycles. The molecule has 0 unspecified atom stereocenters. The number of nitrogens with zero attached hydrogens (tertiary/aromatic N) is 7. The largest absolute Gasteiger partial charge is 0.385 e. The Morgan fingerprint density at radius 1 is 1.23 bits per heavy atom. The molecule has 0 saturated carbocycles. The van der Waals surface area contributed by atoms with Crippen molar-refractivity contribution in [1.29, 1.82) is 0 Å². The highest BCUT2D eigenvalue weighted by atomic mass is 127. The maximum atomic E-state index is 5.15. The van der Waals surface area contributed by atoms with Gasteiger partial charge in [-0.05, 0) is 25.5 Å². The molecule has 0 fully saturated rings. The van der Waals surface area contributed by atoms with Gasteiger partial charge in [0.2, 0.25) is 0 Å². The van der Waals surface area contributed by atoms with Crippen molar-refractivity contribution < 1.29 is 4.74 Å². The molecular formula is C21H31IN8O. The van der Waals surface area contributed by atoms with E-state index in [1.807, 2.05) is 73.0 Å². The summed E-state index contributed by atoms with van der Waals surface area (Å²) in [4.78, 5) is 6.85. The Balaban J connectivity index is 0.00000341. The van der Waals surface area contributed by atoms with Gasteiger partial charge in [-0.3, -0.25) is 0 Å². The summed E-state index contributed by atoms with van der Waals surface area (Å²) in [6.45, 7) is 4.55. The second kappa shape index (κ2) is 12.4. The molecule has 1 aromatic carbocycles. The molecule has 3 aromatic rings. The van der Waals surface area contributed by atoms with E-state index in [1.165, 1.54) is 0 Å². The average Bonchev–Trinajstić information content (AvgIpc) is 3.35. The summed E-state index contributed by atoms with van der Waals surface area (Å²) in [5, 5.41) is 16.2. The molecule has 31 heavy (non-hydrogen) atoms. The number of methoxy groups -OCH3 is 1. The number of guanidine groups is 1. The molecule has 0 spiro atoms. The summed E-state index contributed by atoms with van der Waals surface area (Å²) in [7, 11) is 5.68.